The minimum Gasteiger partial charge on any atom is -0.467 e. The van der Waals surface area contributed by atoms with Gasteiger partial charge in [-0.3, -0.25) is 4.79 Å². The van der Waals surface area contributed by atoms with Crippen LogP contribution in [0.2, 0.25) is 0 Å². The number of rotatable bonds is 6. The number of nitrogens with one attached hydrogen (secondary N) is 2. The van der Waals surface area contributed by atoms with Crippen LogP contribution in [0, 0.1) is 0 Å². The molecule has 5 heteroatoms. The SMILES string of the molecule is CCc1ccccc1Nc1ccc(C(=O)NCc2ccco2)nc1. The van der Waals surface area contributed by atoms with Crippen molar-refractivity contribution in [2.24, 2.45) is 0 Å². The topological polar surface area (TPSA) is 67.2 Å². The van der Waals surface area contributed by atoms with E-state index in [0.29, 0.717) is 18.0 Å². The van der Waals surface area contributed by atoms with E-state index in [1.54, 1.807) is 24.6 Å². The Bertz CT molecular complexity index is 796. The Kier molecular flexibility index (Phi) is 4.91. The molecule has 1 amide bonds. The molecule has 0 radical (unpaired) electrons. The summed E-state index contributed by atoms with van der Waals surface area (Å²) in [5.41, 5.74) is 3.50. The molecule has 1 aromatic carbocycles. The molecule has 0 saturated carbocycles. The van der Waals surface area contributed by atoms with Gasteiger partial charge < -0.3 is 15.1 Å². The van der Waals surface area contributed by atoms with E-state index < -0.39 is 0 Å². The van der Waals surface area contributed by atoms with Crippen molar-refractivity contribution in [1.82, 2.24) is 10.3 Å². The highest BCUT2D eigenvalue weighted by molar-refractivity contribution is 5.92. The molecule has 2 heterocycles. The monoisotopic (exact) mass is 321 g/mol. The Morgan fingerprint density at radius 3 is 2.71 bits per heavy atom. The first kappa shape index (κ1) is 15.8. The zero-order valence-electron chi connectivity index (χ0n) is 13.5. The summed E-state index contributed by atoms with van der Waals surface area (Å²) in [5, 5.41) is 6.11. The molecule has 0 unspecified atom stereocenters. The minimum atomic E-state index is -0.230. The third kappa shape index (κ3) is 3.81. The summed E-state index contributed by atoms with van der Waals surface area (Å²) < 4.78 is 5.18. The first-order valence-electron chi connectivity index (χ1n) is 7.88. The number of hydrogen-bond acceptors (Lipinski definition) is 4. The highest BCUT2D eigenvalue weighted by Crippen LogP contribution is 2.20. The van der Waals surface area contributed by atoms with Crippen LogP contribution >= 0.6 is 0 Å². The van der Waals surface area contributed by atoms with Crippen LogP contribution in [0.4, 0.5) is 11.4 Å². The molecule has 24 heavy (non-hydrogen) atoms. The van der Waals surface area contributed by atoms with E-state index >= 15 is 0 Å². The summed E-state index contributed by atoms with van der Waals surface area (Å²) in [6.07, 6.45) is 4.19. The van der Waals surface area contributed by atoms with Gasteiger partial charge in [0, 0.05) is 5.69 Å². The molecule has 0 atom stereocenters. The molecule has 122 valence electrons. The van der Waals surface area contributed by atoms with Gasteiger partial charge in [-0.05, 0) is 42.3 Å². The van der Waals surface area contributed by atoms with Crippen molar-refractivity contribution in [2.45, 2.75) is 19.9 Å². The second-order valence-electron chi connectivity index (χ2n) is 5.33. The number of pyridine rings is 1. The molecule has 0 spiro atoms. The average Bonchev–Trinajstić information content (AvgIpc) is 3.14. The number of anilines is 2. The second-order valence-corrected chi connectivity index (χ2v) is 5.33. The van der Waals surface area contributed by atoms with Crippen LogP contribution in [0.15, 0.2) is 65.4 Å². The van der Waals surface area contributed by atoms with Gasteiger partial charge in [-0.2, -0.15) is 0 Å². The number of carbonyl (C=O) groups excluding carboxylic acids is 1. The molecule has 3 aromatic rings. The van der Waals surface area contributed by atoms with Crippen LogP contribution in [-0.2, 0) is 13.0 Å². The highest BCUT2D eigenvalue weighted by Gasteiger charge is 2.08. The zero-order valence-corrected chi connectivity index (χ0v) is 13.5. The van der Waals surface area contributed by atoms with Gasteiger partial charge in [-0.15, -0.1) is 0 Å². The Balaban J connectivity index is 1.63. The van der Waals surface area contributed by atoms with Gasteiger partial charge in [0.15, 0.2) is 0 Å². The van der Waals surface area contributed by atoms with Gasteiger partial charge in [0.25, 0.3) is 5.91 Å². The normalized spacial score (nSPS) is 10.4. The summed E-state index contributed by atoms with van der Waals surface area (Å²) in [5.74, 6) is 0.477. The molecule has 0 aliphatic heterocycles. The smallest absolute Gasteiger partial charge is 0.270 e. The molecule has 2 aromatic heterocycles. The van der Waals surface area contributed by atoms with E-state index in [1.807, 2.05) is 30.3 Å². The Hall–Kier alpha value is -3.08. The Morgan fingerprint density at radius 1 is 1.12 bits per heavy atom. The number of furan rings is 1. The number of amides is 1. The van der Waals surface area contributed by atoms with E-state index in [2.05, 4.69) is 28.6 Å². The van der Waals surface area contributed by atoms with Crippen molar-refractivity contribution in [1.29, 1.82) is 0 Å². The molecule has 2 N–H and O–H groups in total. The molecule has 0 saturated heterocycles. The average molecular weight is 321 g/mol. The lowest BCUT2D eigenvalue weighted by atomic mass is 10.1. The molecular weight excluding hydrogens is 302 g/mol. The van der Waals surface area contributed by atoms with E-state index in [1.165, 1.54) is 5.56 Å². The second kappa shape index (κ2) is 7.46. The summed E-state index contributed by atoms with van der Waals surface area (Å²) in [6.45, 7) is 2.46. The van der Waals surface area contributed by atoms with Crippen molar-refractivity contribution in [3.63, 3.8) is 0 Å². The number of hydrogen-bond donors (Lipinski definition) is 2. The summed E-state index contributed by atoms with van der Waals surface area (Å²) in [7, 11) is 0. The quantitative estimate of drug-likeness (QED) is 0.722. The van der Waals surface area contributed by atoms with Crippen molar-refractivity contribution in [3.05, 3.63) is 78.0 Å². The Morgan fingerprint density at radius 2 is 2.00 bits per heavy atom. The fourth-order valence-electron chi connectivity index (χ4n) is 2.38. The van der Waals surface area contributed by atoms with Crippen LogP contribution in [0.1, 0.15) is 28.7 Å². The van der Waals surface area contributed by atoms with E-state index in [4.69, 9.17) is 4.42 Å². The van der Waals surface area contributed by atoms with Gasteiger partial charge >= 0.3 is 0 Å². The molecular formula is C19H19N3O2. The number of benzene rings is 1. The summed E-state index contributed by atoms with van der Waals surface area (Å²) >= 11 is 0. The number of aryl methyl sites for hydroxylation is 1. The van der Waals surface area contributed by atoms with E-state index in [9.17, 15) is 4.79 Å². The number of para-hydroxylation sites is 1. The molecule has 5 nitrogen and oxygen atoms in total. The van der Waals surface area contributed by atoms with Crippen molar-refractivity contribution >= 4 is 17.3 Å². The molecule has 0 fully saturated rings. The number of nitrogens with zero attached hydrogens (tertiary/aromatic N) is 1. The van der Waals surface area contributed by atoms with Gasteiger partial charge in [-0.1, -0.05) is 25.1 Å². The van der Waals surface area contributed by atoms with Crippen molar-refractivity contribution in [2.75, 3.05) is 5.32 Å². The fraction of sp³-hybridized carbons (Fsp3) is 0.158. The van der Waals surface area contributed by atoms with Crippen LogP contribution < -0.4 is 10.6 Å². The van der Waals surface area contributed by atoms with Crippen LogP contribution in [0.5, 0.6) is 0 Å². The number of carbonyl (C=O) groups is 1. The lowest BCUT2D eigenvalue weighted by Gasteiger charge is -2.11. The van der Waals surface area contributed by atoms with Gasteiger partial charge in [0.2, 0.25) is 0 Å². The molecule has 0 aliphatic rings. The van der Waals surface area contributed by atoms with Gasteiger partial charge in [0.05, 0.1) is 24.7 Å². The minimum absolute atomic E-state index is 0.230. The zero-order chi connectivity index (χ0) is 16.8. The van der Waals surface area contributed by atoms with Crippen LogP contribution in [0.3, 0.4) is 0 Å². The third-order valence-corrected chi connectivity index (χ3v) is 3.68. The standard InChI is InChI=1S/C19H19N3O2/c1-2-14-6-3-4-8-17(14)22-15-9-10-18(20-12-15)19(23)21-13-16-7-5-11-24-16/h3-12,22H,2,13H2,1H3,(H,21,23). The maximum Gasteiger partial charge on any atom is 0.270 e. The predicted octanol–water partition coefficient (Wildman–Crippen LogP) is 3.91. The highest BCUT2D eigenvalue weighted by atomic mass is 16.3. The molecule has 0 aliphatic carbocycles. The first-order chi connectivity index (χ1) is 11.8. The van der Waals surface area contributed by atoms with Crippen LogP contribution in [-0.4, -0.2) is 10.9 Å². The Labute approximate surface area is 140 Å². The molecule has 0 bridgehead atoms. The lowest BCUT2D eigenvalue weighted by molar-refractivity contribution is 0.0943. The maximum atomic E-state index is 12.1. The van der Waals surface area contributed by atoms with E-state index in [-0.39, 0.29) is 5.91 Å². The largest absolute Gasteiger partial charge is 0.467 e. The maximum absolute atomic E-state index is 12.1. The fourth-order valence-corrected chi connectivity index (χ4v) is 2.38. The first-order valence-corrected chi connectivity index (χ1v) is 7.88. The summed E-state index contributed by atoms with van der Waals surface area (Å²) in [4.78, 5) is 16.3. The number of aromatic nitrogens is 1. The third-order valence-electron chi connectivity index (χ3n) is 3.68. The van der Waals surface area contributed by atoms with Crippen molar-refractivity contribution < 1.29 is 9.21 Å². The van der Waals surface area contributed by atoms with Crippen LogP contribution in [0.25, 0.3) is 0 Å². The van der Waals surface area contributed by atoms with Gasteiger partial charge in [-0.25, -0.2) is 4.98 Å². The lowest BCUT2D eigenvalue weighted by Crippen LogP contribution is -2.23. The molecule has 3 rings (SSSR count). The summed E-state index contributed by atoms with van der Waals surface area (Å²) in [6, 6.07) is 15.3. The van der Waals surface area contributed by atoms with Crippen molar-refractivity contribution in [3.8, 4) is 0 Å². The van der Waals surface area contributed by atoms with E-state index in [0.717, 1.165) is 17.8 Å². The predicted molar refractivity (Wildman–Crippen MR) is 93.2 cm³/mol. The van der Waals surface area contributed by atoms with Gasteiger partial charge in [0.1, 0.15) is 11.5 Å².